The van der Waals surface area contributed by atoms with Gasteiger partial charge < -0.3 is 14.2 Å². The normalized spacial score (nSPS) is 14.5. The van der Waals surface area contributed by atoms with Crippen LogP contribution in [0.2, 0.25) is 0 Å². The number of thiocarbonyl (C=S) groups is 1. The molecule has 0 saturated carbocycles. The molecule has 1 fully saturated rings. The van der Waals surface area contributed by atoms with Gasteiger partial charge in [0.1, 0.15) is 5.56 Å². The summed E-state index contributed by atoms with van der Waals surface area (Å²) in [5.74, 6) is -0.212. The van der Waals surface area contributed by atoms with E-state index in [1.54, 1.807) is 18.2 Å². The van der Waals surface area contributed by atoms with Crippen LogP contribution in [0.25, 0.3) is 6.08 Å². The molecular weight excluding hydrogens is 458 g/mol. The molecule has 12 heteroatoms. The number of amides is 2. The van der Waals surface area contributed by atoms with Crippen molar-refractivity contribution in [3.63, 3.8) is 0 Å². The van der Waals surface area contributed by atoms with Crippen LogP contribution in [-0.2, 0) is 4.79 Å². The Morgan fingerprint density at radius 3 is 2.34 bits per heavy atom. The lowest BCUT2D eigenvalue weighted by molar-refractivity contribution is -0.385. The van der Waals surface area contributed by atoms with Gasteiger partial charge in [0, 0.05) is 6.07 Å². The molecule has 0 aromatic heterocycles. The van der Waals surface area contributed by atoms with Crippen molar-refractivity contribution in [1.29, 1.82) is 0 Å². The molecule has 1 aliphatic rings. The molecule has 2 aromatic carbocycles. The number of methoxy groups -OCH3 is 3. The minimum Gasteiger partial charge on any atom is -0.493 e. The summed E-state index contributed by atoms with van der Waals surface area (Å²) in [6, 6.07) is 8.71. The quantitative estimate of drug-likeness (QED) is 0.279. The zero-order chi connectivity index (χ0) is 23.4. The summed E-state index contributed by atoms with van der Waals surface area (Å²) < 4.78 is 16.0. The van der Waals surface area contributed by atoms with Crippen LogP contribution in [0.5, 0.6) is 17.2 Å². The van der Waals surface area contributed by atoms with Crippen molar-refractivity contribution in [3.8, 4) is 17.2 Å². The van der Waals surface area contributed by atoms with Gasteiger partial charge in [-0.2, -0.15) is 5.01 Å². The number of rotatable bonds is 7. The van der Waals surface area contributed by atoms with Crippen LogP contribution in [0.3, 0.4) is 0 Å². The number of nitrogens with one attached hydrogen (secondary N) is 1. The van der Waals surface area contributed by atoms with Crippen molar-refractivity contribution < 1.29 is 28.7 Å². The molecule has 2 aromatic rings. The lowest BCUT2D eigenvalue weighted by Crippen LogP contribution is -2.45. The molecule has 0 radical (unpaired) electrons. The van der Waals surface area contributed by atoms with Gasteiger partial charge in [0.25, 0.3) is 17.5 Å². The van der Waals surface area contributed by atoms with Crippen molar-refractivity contribution in [2.24, 2.45) is 0 Å². The number of hydrogen-bond donors (Lipinski definition) is 1. The predicted molar refractivity (Wildman–Crippen MR) is 122 cm³/mol. The molecule has 0 bridgehead atoms. The monoisotopic (exact) mass is 475 g/mol. The first-order valence-electron chi connectivity index (χ1n) is 8.93. The standard InChI is InChI=1S/C20H17N3O7S2/c1-28-14-8-11(9-15(29-2)17(14)30-3)10-16-19(25)22(20(31)32-16)21-18(24)12-6-4-5-7-13(12)23(26)27/h4-10H,1-3H3,(H,21,24). The van der Waals surface area contributed by atoms with E-state index in [0.29, 0.717) is 22.8 Å². The molecule has 0 unspecified atom stereocenters. The first-order valence-corrected chi connectivity index (χ1v) is 10.2. The Balaban J connectivity index is 1.88. The number of nitrogens with zero attached hydrogens (tertiary/aromatic N) is 2. The molecule has 0 spiro atoms. The number of carbonyl (C=O) groups excluding carboxylic acids is 2. The molecular formula is C20H17N3O7S2. The molecule has 1 saturated heterocycles. The van der Waals surface area contributed by atoms with E-state index < -0.39 is 16.7 Å². The predicted octanol–water partition coefficient (Wildman–Crippen LogP) is 3.17. The van der Waals surface area contributed by atoms with Gasteiger partial charge >= 0.3 is 0 Å². The summed E-state index contributed by atoms with van der Waals surface area (Å²) in [5.41, 5.74) is 2.33. The van der Waals surface area contributed by atoms with Crippen LogP contribution in [0, 0.1) is 10.1 Å². The Bertz CT molecular complexity index is 1120. The number of nitro benzene ring substituents is 1. The highest BCUT2D eigenvalue weighted by Crippen LogP contribution is 2.40. The van der Waals surface area contributed by atoms with Gasteiger partial charge in [-0.05, 0) is 42.1 Å². The lowest BCUT2D eigenvalue weighted by Gasteiger charge is -2.15. The van der Waals surface area contributed by atoms with Gasteiger partial charge in [-0.3, -0.25) is 25.1 Å². The molecule has 32 heavy (non-hydrogen) atoms. The van der Waals surface area contributed by atoms with Crippen LogP contribution in [0.1, 0.15) is 15.9 Å². The summed E-state index contributed by atoms with van der Waals surface area (Å²) in [6.07, 6.45) is 1.56. The van der Waals surface area contributed by atoms with Crippen molar-refractivity contribution in [1.82, 2.24) is 10.4 Å². The van der Waals surface area contributed by atoms with E-state index in [1.807, 2.05) is 0 Å². The fourth-order valence-electron chi connectivity index (χ4n) is 2.89. The van der Waals surface area contributed by atoms with Crippen LogP contribution >= 0.6 is 24.0 Å². The molecule has 1 heterocycles. The van der Waals surface area contributed by atoms with E-state index in [9.17, 15) is 19.7 Å². The maximum atomic E-state index is 12.9. The summed E-state index contributed by atoms with van der Waals surface area (Å²) in [6.45, 7) is 0. The van der Waals surface area contributed by atoms with Crippen LogP contribution in [0.15, 0.2) is 41.3 Å². The molecule has 3 rings (SSSR count). The van der Waals surface area contributed by atoms with Gasteiger partial charge in [0.2, 0.25) is 5.75 Å². The third-order valence-corrected chi connectivity index (χ3v) is 5.64. The molecule has 2 amide bonds. The van der Waals surface area contributed by atoms with E-state index in [1.165, 1.54) is 45.6 Å². The highest BCUT2D eigenvalue weighted by molar-refractivity contribution is 8.26. The lowest BCUT2D eigenvalue weighted by atomic mass is 10.1. The number of thioether (sulfide) groups is 1. The fraction of sp³-hybridized carbons (Fsp3) is 0.150. The van der Waals surface area contributed by atoms with E-state index in [2.05, 4.69) is 5.43 Å². The third kappa shape index (κ3) is 4.50. The van der Waals surface area contributed by atoms with Crippen LogP contribution in [0.4, 0.5) is 5.69 Å². The number of hydrazine groups is 1. The zero-order valence-electron chi connectivity index (χ0n) is 17.1. The van der Waals surface area contributed by atoms with E-state index in [0.717, 1.165) is 16.8 Å². The average molecular weight is 476 g/mol. The highest BCUT2D eigenvalue weighted by atomic mass is 32.2. The highest BCUT2D eigenvalue weighted by Gasteiger charge is 2.35. The van der Waals surface area contributed by atoms with Crippen molar-refractivity contribution in [2.45, 2.75) is 0 Å². The van der Waals surface area contributed by atoms with E-state index in [4.69, 9.17) is 26.4 Å². The smallest absolute Gasteiger partial charge is 0.285 e. The number of carbonyl (C=O) groups is 2. The molecule has 166 valence electrons. The van der Waals surface area contributed by atoms with Crippen LogP contribution in [-0.4, -0.2) is 47.4 Å². The maximum absolute atomic E-state index is 12.9. The number of nitro groups is 1. The molecule has 10 nitrogen and oxygen atoms in total. The minimum absolute atomic E-state index is 0.0700. The van der Waals surface area contributed by atoms with Crippen molar-refractivity contribution in [2.75, 3.05) is 21.3 Å². The summed E-state index contributed by atoms with van der Waals surface area (Å²) >= 11 is 6.18. The third-order valence-electron chi connectivity index (χ3n) is 4.34. The number of ether oxygens (including phenoxy) is 3. The Kier molecular flexibility index (Phi) is 6.95. The Hall–Kier alpha value is -3.64. The molecule has 1 N–H and O–H groups in total. The minimum atomic E-state index is -0.831. The number of hydrogen-bond acceptors (Lipinski definition) is 9. The summed E-state index contributed by atoms with van der Waals surface area (Å²) in [4.78, 5) is 36.2. The first-order chi connectivity index (χ1) is 15.3. The maximum Gasteiger partial charge on any atom is 0.285 e. The Morgan fingerprint density at radius 2 is 1.78 bits per heavy atom. The molecule has 0 aliphatic carbocycles. The van der Waals surface area contributed by atoms with Crippen molar-refractivity contribution in [3.05, 3.63) is 62.5 Å². The largest absolute Gasteiger partial charge is 0.493 e. The first kappa shape index (κ1) is 23.0. The van der Waals surface area contributed by atoms with E-state index in [-0.39, 0.29) is 20.5 Å². The molecule has 1 aliphatic heterocycles. The SMILES string of the molecule is COc1cc(C=C2SC(=S)N(NC(=O)c3ccccc3[N+](=O)[O-])C2=O)cc(OC)c1OC. The van der Waals surface area contributed by atoms with Crippen LogP contribution < -0.4 is 19.6 Å². The Labute approximate surface area is 192 Å². The Morgan fingerprint density at radius 1 is 1.16 bits per heavy atom. The zero-order valence-corrected chi connectivity index (χ0v) is 18.7. The number of benzene rings is 2. The second-order valence-corrected chi connectivity index (χ2v) is 7.87. The van der Waals surface area contributed by atoms with Gasteiger partial charge in [-0.25, -0.2) is 0 Å². The summed E-state index contributed by atoms with van der Waals surface area (Å²) in [5, 5.41) is 12.1. The van der Waals surface area contributed by atoms with Gasteiger partial charge in [-0.1, -0.05) is 23.9 Å². The second-order valence-electron chi connectivity index (χ2n) is 6.19. The van der Waals surface area contributed by atoms with Gasteiger partial charge in [0.05, 0.1) is 31.2 Å². The average Bonchev–Trinajstić information content (AvgIpc) is 3.05. The summed E-state index contributed by atoms with van der Waals surface area (Å²) in [7, 11) is 4.42. The fourth-order valence-corrected chi connectivity index (χ4v) is 4.07. The number of para-hydroxylation sites is 1. The second kappa shape index (κ2) is 9.66. The van der Waals surface area contributed by atoms with Crippen molar-refractivity contribution >= 4 is 51.9 Å². The molecule has 0 atom stereocenters. The van der Waals surface area contributed by atoms with Gasteiger partial charge in [-0.15, -0.1) is 0 Å². The topological polar surface area (TPSA) is 120 Å². The van der Waals surface area contributed by atoms with Gasteiger partial charge in [0.15, 0.2) is 15.8 Å². The van der Waals surface area contributed by atoms with E-state index >= 15 is 0 Å².